The molecule has 0 spiro atoms. The molecule has 0 aliphatic rings. The SMILES string of the molecule is CC(C)[C@H](C)NC(=O)c1cnn(-c2ccccc2)c1. The van der Waals surface area contributed by atoms with E-state index in [0.29, 0.717) is 11.5 Å². The predicted octanol–water partition coefficient (Wildman–Crippen LogP) is 2.65. The number of aromatic nitrogens is 2. The molecule has 1 amide bonds. The number of carbonyl (C=O) groups excluding carboxylic acids is 1. The molecular weight excluding hydrogens is 238 g/mol. The Morgan fingerprint density at radius 3 is 2.53 bits per heavy atom. The van der Waals surface area contributed by atoms with E-state index in [0.717, 1.165) is 5.69 Å². The van der Waals surface area contributed by atoms with Gasteiger partial charge in [-0.2, -0.15) is 5.10 Å². The summed E-state index contributed by atoms with van der Waals surface area (Å²) in [7, 11) is 0. The quantitative estimate of drug-likeness (QED) is 0.915. The van der Waals surface area contributed by atoms with Crippen molar-refractivity contribution in [2.45, 2.75) is 26.8 Å². The Balaban J connectivity index is 2.11. The van der Waals surface area contributed by atoms with Crippen LogP contribution >= 0.6 is 0 Å². The van der Waals surface area contributed by atoms with Gasteiger partial charge >= 0.3 is 0 Å². The first kappa shape index (κ1) is 13.3. The number of hydrogen-bond donors (Lipinski definition) is 1. The Hall–Kier alpha value is -2.10. The molecule has 0 saturated carbocycles. The molecule has 0 bridgehead atoms. The van der Waals surface area contributed by atoms with Crippen molar-refractivity contribution in [1.29, 1.82) is 0 Å². The molecule has 0 unspecified atom stereocenters. The van der Waals surface area contributed by atoms with Gasteiger partial charge in [-0.05, 0) is 25.0 Å². The molecule has 0 radical (unpaired) electrons. The summed E-state index contributed by atoms with van der Waals surface area (Å²) in [5.41, 5.74) is 1.52. The van der Waals surface area contributed by atoms with Gasteiger partial charge in [0.1, 0.15) is 0 Å². The van der Waals surface area contributed by atoms with Crippen LogP contribution in [-0.2, 0) is 0 Å². The van der Waals surface area contributed by atoms with Crippen LogP contribution in [0.2, 0.25) is 0 Å². The highest BCUT2D eigenvalue weighted by molar-refractivity contribution is 5.93. The lowest BCUT2D eigenvalue weighted by molar-refractivity contribution is 0.0930. The van der Waals surface area contributed by atoms with Crippen LogP contribution in [0.25, 0.3) is 5.69 Å². The highest BCUT2D eigenvalue weighted by Gasteiger charge is 2.14. The Kier molecular flexibility index (Phi) is 4.00. The van der Waals surface area contributed by atoms with Crippen LogP contribution in [-0.4, -0.2) is 21.7 Å². The molecule has 4 heteroatoms. The monoisotopic (exact) mass is 257 g/mol. The van der Waals surface area contributed by atoms with Gasteiger partial charge in [-0.3, -0.25) is 4.79 Å². The summed E-state index contributed by atoms with van der Waals surface area (Å²) < 4.78 is 1.70. The molecule has 19 heavy (non-hydrogen) atoms. The summed E-state index contributed by atoms with van der Waals surface area (Å²) >= 11 is 0. The summed E-state index contributed by atoms with van der Waals surface area (Å²) in [5.74, 6) is 0.330. The van der Waals surface area contributed by atoms with Crippen molar-refractivity contribution in [2.24, 2.45) is 5.92 Å². The van der Waals surface area contributed by atoms with Crippen LogP contribution in [0.3, 0.4) is 0 Å². The number of carbonyl (C=O) groups is 1. The van der Waals surface area contributed by atoms with Crippen LogP contribution in [0, 0.1) is 5.92 Å². The second kappa shape index (κ2) is 5.69. The molecule has 100 valence electrons. The Morgan fingerprint density at radius 2 is 1.89 bits per heavy atom. The number of benzene rings is 1. The van der Waals surface area contributed by atoms with E-state index < -0.39 is 0 Å². The lowest BCUT2D eigenvalue weighted by Gasteiger charge is -2.16. The van der Waals surface area contributed by atoms with Gasteiger partial charge in [0.15, 0.2) is 0 Å². The summed E-state index contributed by atoms with van der Waals surface area (Å²) in [6.45, 7) is 6.17. The lowest BCUT2D eigenvalue weighted by Crippen LogP contribution is -2.35. The van der Waals surface area contributed by atoms with Crippen molar-refractivity contribution in [3.63, 3.8) is 0 Å². The summed E-state index contributed by atoms with van der Waals surface area (Å²) in [5, 5.41) is 7.18. The van der Waals surface area contributed by atoms with Gasteiger partial charge in [0.05, 0.1) is 17.4 Å². The zero-order valence-electron chi connectivity index (χ0n) is 11.5. The van der Waals surface area contributed by atoms with Crippen molar-refractivity contribution >= 4 is 5.91 Å². The second-order valence-corrected chi connectivity index (χ2v) is 5.02. The summed E-state index contributed by atoms with van der Waals surface area (Å²) in [6, 6.07) is 9.88. The normalized spacial score (nSPS) is 12.4. The number of hydrogen-bond acceptors (Lipinski definition) is 2. The van der Waals surface area contributed by atoms with Gasteiger partial charge in [-0.25, -0.2) is 4.68 Å². The highest BCUT2D eigenvalue weighted by atomic mass is 16.1. The molecule has 1 N–H and O–H groups in total. The highest BCUT2D eigenvalue weighted by Crippen LogP contribution is 2.08. The molecule has 1 aromatic heterocycles. The first-order chi connectivity index (χ1) is 9.08. The molecule has 0 fully saturated rings. The van der Waals surface area contributed by atoms with Gasteiger partial charge in [0, 0.05) is 12.2 Å². The molecular formula is C15H19N3O. The minimum atomic E-state index is -0.0802. The van der Waals surface area contributed by atoms with Gasteiger partial charge in [-0.1, -0.05) is 32.0 Å². The minimum absolute atomic E-state index is 0.0802. The molecule has 0 saturated heterocycles. The topological polar surface area (TPSA) is 46.9 Å². The van der Waals surface area contributed by atoms with E-state index >= 15 is 0 Å². The zero-order valence-corrected chi connectivity index (χ0v) is 11.5. The van der Waals surface area contributed by atoms with E-state index in [-0.39, 0.29) is 11.9 Å². The fourth-order valence-corrected chi connectivity index (χ4v) is 1.62. The average Bonchev–Trinajstić information content (AvgIpc) is 2.89. The van der Waals surface area contributed by atoms with Crippen molar-refractivity contribution in [1.82, 2.24) is 15.1 Å². The number of amides is 1. The Labute approximate surface area is 113 Å². The average molecular weight is 257 g/mol. The molecule has 2 aromatic rings. The molecule has 1 heterocycles. The van der Waals surface area contributed by atoms with Gasteiger partial charge in [-0.15, -0.1) is 0 Å². The summed E-state index contributed by atoms with van der Waals surface area (Å²) in [6.07, 6.45) is 3.34. The van der Waals surface area contributed by atoms with E-state index in [1.165, 1.54) is 0 Å². The van der Waals surface area contributed by atoms with Crippen molar-refractivity contribution in [2.75, 3.05) is 0 Å². The van der Waals surface area contributed by atoms with Crippen molar-refractivity contribution < 1.29 is 4.79 Å². The smallest absolute Gasteiger partial charge is 0.254 e. The maximum absolute atomic E-state index is 12.0. The molecule has 4 nitrogen and oxygen atoms in total. The fourth-order valence-electron chi connectivity index (χ4n) is 1.62. The molecule has 1 aromatic carbocycles. The van der Waals surface area contributed by atoms with Crippen LogP contribution in [0.4, 0.5) is 0 Å². The zero-order chi connectivity index (χ0) is 13.8. The van der Waals surface area contributed by atoms with E-state index in [4.69, 9.17) is 0 Å². The van der Waals surface area contributed by atoms with Crippen LogP contribution < -0.4 is 5.32 Å². The van der Waals surface area contributed by atoms with Crippen LogP contribution in [0.1, 0.15) is 31.1 Å². The van der Waals surface area contributed by atoms with E-state index in [1.54, 1.807) is 17.1 Å². The van der Waals surface area contributed by atoms with Gasteiger partial charge < -0.3 is 5.32 Å². The third-order valence-electron chi connectivity index (χ3n) is 3.22. The lowest BCUT2D eigenvalue weighted by atomic mass is 10.1. The number of nitrogens with one attached hydrogen (secondary N) is 1. The Bertz CT molecular complexity index is 546. The van der Waals surface area contributed by atoms with Crippen molar-refractivity contribution in [3.05, 3.63) is 48.3 Å². The number of rotatable bonds is 4. The van der Waals surface area contributed by atoms with E-state index in [1.807, 2.05) is 37.3 Å². The maximum atomic E-state index is 12.0. The maximum Gasteiger partial charge on any atom is 0.254 e. The van der Waals surface area contributed by atoms with Crippen molar-refractivity contribution in [3.8, 4) is 5.69 Å². The molecule has 2 rings (SSSR count). The summed E-state index contributed by atoms with van der Waals surface area (Å²) in [4.78, 5) is 12.0. The standard InChI is InChI=1S/C15H19N3O/c1-11(2)12(3)17-15(19)13-9-16-18(10-13)14-7-5-4-6-8-14/h4-12H,1-3H3,(H,17,19)/t12-/m0/s1. The molecule has 0 aliphatic carbocycles. The van der Waals surface area contributed by atoms with Crippen LogP contribution in [0.5, 0.6) is 0 Å². The van der Waals surface area contributed by atoms with E-state index in [9.17, 15) is 4.79 Å². The van der Waals surface area contributed by atoms with E-state index in [2.05, 4.69) is 24.3 Å². The van der Waals surface area contributed by atoms with Gasteiger partial charge in [0.2, 0.25) is 0 Å². The third kappa shape index (κ3) is 3.22. The Morgan fingerprint density at radius 1 is 1.21 bits per heavy atom. The number of para-hydroxylation sites is 1. The molecule has 1 atom stereocenters. The second-order valence-electron chi connectivity index (χ2n) is 5.02. The fraction of sp³-hybridized carbons (Fsp3) is 0.333. The first-order valence-corrected chi connectivity index (χ1v) is 6.49. The van der Waals surface area contributed by atoms with Crippen LogP contribution in [0.15, 0.2) is 42.7 Å². The minimum Gasteiger partial charge on any atom is -0.349 e. The third-order valence-corrected chi connectivity index (χ3v) is 3.22. The van der Waals surface area contributed by atoms with Gasteiger partial charge in [0.25, 0.3) is 5.91 Å². The largest absolute Gasteiger partial charge is 0.349 e. The molecule has 0 aliphatic heterocycles. The first-order valence-electron chi connectivity index (χ1n) is 6.49. The number of nitrogens with zero attached hydrogens (tertiary/aromatic N) is 2. The predicted molar refractivity (Wildman–Crippen MR) is 75.3 cm³/mol.